The molecule has 0 aliphatic rings. The maximum Gasteiger partial charge on any atom is 0.270 e. The number of sulfonamides is 1. The molecule has 0 aliphatic heterocycles. The Morgan fingerprint density at radius 2 is 1.67 bits per heavy atom. The number of nitro groups is 1. The molecule has 0 aromatic heterocycles. The van der Waals surface area contributed by atoms with E-state index in [-0.39, 0.29) is 17.1 Å². The van der Waals surface area contributed by atoms with Crippen LogP contribution in [-0.2, 0) is 23.0 Å². The van der Waals surface area contributed by atoms with Crippen LogP contribution in [0.15, 0.2) is 47.4 Å². The Hall–Kier alpha value is -2.25. The fourth-order valence-electron chi connectivity index (χ4n) is 2.37. The minimum Gasteiger partial charge on any atom is -0.258 e. The molecule has 2 aromatic carbocycles. The van der Waals surface area contributed by atoms with E-state index in [9.17, 15) is 18.5 Å². The average molecular weight is 348 g/mol. The second-order valence-electron chi connectivity index (χ2n) is 5.64. The van der Waals surface area contributed by atoms with Crippen molar-refractivity contribution in [3.8, 4) is 0 Å². The van der Waals surface area contributed by atoms with E-state index < -0.39 is 14.9 Å². The van der Waals surface area contributed by atoms with Crippen LogP contribution in [0, 0.1) is 17.0 Å². The zero-order valence-corrected chi connectivity index (χ0v) is 14.7. The van der Waals surface area contributed by atoms with Gasteiger partial charge in [0.15, 0.2) is 0 Å². The molecule has 7 heteroatoms. The molecular formula is C17H20N2O4S. The van der Waals surface area contributed by atoms with Gasteiger partial charge in [-0.1, -0.05) is 37.3 Å². The van der Waals surface area contributed by atoms with Gasteiger partial charge in [-0.05, 0) is 30.0 Å². The highest BCUT2D eigenvalue weighted by Crippen LogP contribution is 2.25. The van der Waals surface area contributed by atoms with Gasteiger partial charge in [0.05, 0.1) is 9.82 Å². The molecule has 0 bridgehead atoms. The van der Waals surface area contributed by atoms with Crippen LogP contribution in [-0.4, -0.2) is 24.7 Å². The summed E-state index contributed by atoms with van der Waals surface area (Å²) < 4.78 is 26.7. The molecule has 0 N–H and O–H groups in total. The first-order valence-electron chi connectivity index (χ1n) is 7.55. The SMILES string of the molecule is CCc1ccc(CN(C)S(=O)(=O)c2cc([N+](=O)[O-])ccc2C)cc1. The predicted octanol–water partition coefficient (Wildman–Crippen LogP) is 3.29. The molecule has 0 aliphatic carbocycles. The van der Waals surface area contributed by atoms with E-state index in [1.54, 1.807) is 6.92 Å². The molecule has 0 radical (unpaired) electrons. The van der Waals surface area contributed by atoms with Crippen molar-refractivity contribution in [1.29, 1.82) is 0 Å². The zero-order valence-electron chi connectivity index (χ0n) is 13.9. The lowest BCUT2D eigenvalue weighted by molar-refractivity contribution is -0.385. The van der Waals surface area contributed by atoms with E-state index in [1.807, 2.05) is 24.3 Å². The molecule has 0 spiro atoms. The van der Waals surface area contributed by atoms with Crippen LogP contribution in [0.5, 0.6) is 0 Å². The monoisotopic (exact) mass is 348 g/mol. The lowest BCUT2D eigenvalue weighted by atomic mass is 10.1. The molecule has 0 saturated carbocycles. The second kappa shape index (κ2) is 7.11. The van der Waals surface area contributed by atoms with Gasteiger partial charge in [0.25, 0.3) is 5.69 Å². The Bertz CT molecular complexity index is 845. The second-order valence-corrected chi connectivity index (χ2v) is 7.65. The van der Waals surface area contributed by atoms with Crippen molar-refractivity contribution in [2.75, 3.05) is 7.05 Å². The number of hydrogen-bond donors (Lipinski definition) is 0. The summed E-state index contributed by atoms with van der Waals surface area (Å²) in [5.41, 5.74) is 2.29. The van der Waals surface area contributed by atoms with Crippen LogP contribution in [0.25, 0.3) is 0 Å². The number of hydrogen-bond acceptors (Lipinski definition) is 4. The molecule has 0 heterocycles. The van der Waals surface area contributed by atoms with E-state index >= 15 is 0 Å². The van der Waals surface area contributed by atoms with Crippen LogP contribution in [0.4, 0.5) is 5.69 Å². The summed E-state index contributed by atoms with van der Waals surface area (Å²) in [5, 5.41) is 10.9. The molecule has 0 atom stereocenters. The van der Waals surface area contributed by atoms with Crippen molar-refractivity contribution in [3.63, 3.8) is 0 Å². The molecule has 128 valence electrons. The third kappa shape index (κ3) is 3.80. The summed E-state index contributed by atoms with van der Waals surface area (Å²) >= 11 is 0. The number of rotatable bonds is 6. The molecule has 6 nitrogen and oxygen atoms in total. The van der Waals surface area contributed by atoms with Crippen molar-refractivity contribution >= 4 is 15.7 Å². The average Bonchev–Trinajstić information content (AvgIpc) is 2.55. The van der Waals surface area contributed by atoms with Crippen molar-refractivity contribution < 1.29 is 13.3 Å². The summed E-state index contributed by atoms with van der Waals surface area (Å²) in [6.45, 7) is 3.88. The Balaban J connectivity index is 2.31. The first kappa shape index (κ1) is 18.1. The minimum absolute atomic E-state index is 0.0376. The molecular weight excluding hydrogens is 328 g/mol. The number of non-ortho nitro benzene ring substituents is 1. The van der Waals surface area contributed by atoms with Gasteiger partial charge in [-0.2, -0.15) is 4.31 Å². The van der Waals surface area contributed by atoms with Crippen LogP contribution in [0.1, 0.15) is 23.6 Å². The highest BCUT2D eigenvalue weighted by Gasteiger charge is 2.25. The van der Waals surface area contributed by atoms with E-state index in [1.165, 1.54) is 29.0 Å². The fourth-order valence-corrected chi connectivity index (χ4v) is 3.77. The van der Waals surface area contributed by atoms with Gasteiger partial charge in [0.1, 0.15) is 0 Å². The molecule has 0 fully saturated rings. The van der Waals surface area contributed by atoms with Gasteiger partial charge < -0.3 is 0 Å². The Kier molecular flexibility index (Phi) is 5.36. The molecule has 2 aromatic rings. The van der Waals surface area contributed by atoms with Crippen molar-refractivity contribution in [3.05, 3.63) is 69.3 Å². The van der Waals surface area contributed by atoms with Gasteiger partial charge in [-0.3, -0.25) is 10.1 Å². The lowest BCUT2D eigenvalue weighted by Gasteiger charge is -2.18. The van der Waals surface area contributed by atoms with E-state index in [0.29, 0.717) is 5.56 Å². The largest absolute Gasteiger partial charge is 0.270 e. The molecule has 24 heavy (non-hydrogen) atoms. The van der Waals surface area contributed by atoms with Crippen LogP contribution in [0.2, 0.25) is 0 Å². The summed E-state index contributed by atoms with van der Waals surface area (Å²) in [4.78, 5) is 10.3. The molecule has 0 saturated heterocycles. The van der Waals surface area contributed by atoms with Gasteiger partial charge in [-0.15, -0.1) is 0 Å². The van der Waals surface area contributed by atoms with E-state index in [2.05, 4.69) is 6.92 Å². The molecule has 0 amide bonds. The highest BCUT2D eigenvalue weighted by atomic mass is 32.2. The maximum atomic E-state index is 12.8. The first-order valence-corrected chi connectivity index (χ1v) is 8.99. The van der Waals surface area contributed by atoms with Crippen molar-refractivity contribution in [1.82, 2.24) is 4.31 Å². The Labute approximate surface area is 141 Å². The van der Waals surface area contributed by atoms with Crippen LogP contribution < -0.4 is 0 Å². The van der Waals surface area contributed by atoms with Gasteiger partial charge in [0.2, 0.25) is 10.0 Å². The third-order valence-electron chi connectivity index (χ3n) is 3.91. The smallest absolute Gasteiger partial charge is 0.258 e. The van der Waals surface area contributed by atoms with Crippen molar-refractivity contribution in [2.24, 2.45) is 0 Å². The summed E-state index contributed by atoms with van der Waals surface area (Å²) in [6.07, 6.45) is 0.918. The van der Waals surface area contributed by atoms with Crippen LogP contribution in [0.3, 0.4) is 0 Å². The minimum atomic E-state index is -3.81. The lowest BCUT2D eigenvalue weighted by Crippen LogP contribution is -2.27. The number of benzene rings is 2. The quantitative estimate of drug-likeness (QED) is 0.592. The van der Waals surface area contributed by atoms with E-state index in [0.717, 1.165) is 18.1 Å². The summed E-state index contributed by atoms with van der Waals surface area (Å²) in [5.74, 6) is 0. The standard InChI is InChI=1S/C17H20N2O4S/c1-4-14-6-8-15(9-7-14)12-18(3)24(22,23)17-11-16(19(20)21)10-5-13(17)2/h5-11H,4,12H2,1-3H3. The predicted molar refractivity (Wildman–Crippen MR) is 92.3 cm³/mol. The third-order valence-corrected chi connectivity index (χ3v) is 5.85. The zero-order chi connectivity index (χ0) is 17.9. The number of nitrogens with zero attached hydrogens (tertiary/aromatic N) is 2. The molecule has 2 rings (SSSR count). The van der Waals surface area contributed by atoms with Crippen molar-refractivity contribution in [2.45, 2.75) is 31.7 Å². The van der Waals surface area contributed by atoms with E-state index in [4.69, 9.17) is 0 Å². The highest BCUT2D eigenvalue weighted by molar-refractivity contribution is 7.89. The molecule has 0 unspecified atom stereocenters. The maximum absolute atomic E-state index is 12.8. The fraction of sp³-hybridized carbons (Fsp3) is 0.294. The Morgan fingerprint density at radius 1 is 1.08 bits per heavy atom. The van der Waals surface area contributed by atoms with Gasteiger partial charge >= 0.3 is 0 Å². The Morgan fingerprint density at radius 3 is 2.21 bits per heavy atom. The topological polar surface area (TPSA) is 80.5 Å². The number of nitro benzene ring substituents is 1. The normalized spacial score (nSPS) is 11.7. The van der Waals surface area contributed by atoms with Crippen LogP contribution >= 0.6 is 0 Å². The summed E-state index contributed by atoms with van der Waals surface area (Å²) in [7, 11) is -2.34. The van der Waals surface area contributed by atoms with Gasteiger partial charge in [0, 0.05) is 25.7 Å². The number of aryl methyl sites for hydroxylation is 2. The summed E-state index contributed by atoms with van der Waals surface area (Å²) in [6, 6.07) is 11.6. The first-order chi connectivity index (χ1) is 11.3. The van der Waals surface area contributed by atoms with Gasteiger partial charge in [-0.25, -0.2) is 8.42 Å².